The topological polar surface area (TPSA) is 91.0 Å². The van der Waals surface area contributed by atoms with Gasteiger partial charge in [0, 0.05) is 13.1 Å². The van der Waals surface area contributed by atoms with Crippen LogP contribution in [0, 0.1) is 0 Å². The molecule has 2 saturated heterocycles. The smallest absolute Gasteiger partial charge is 0.317 e. The van der Waals surface area contributed by atoms with Crippen LogP contribution in [0.25, 0.3) is 0 Å². The van der Waals surface area contributed by atoms with E-state index in [0.717, 1.165) is 5.75 Å². The van der Waals surface area contributed by atoms with E-state index in [-0.39, 0.29) is 30.4 Å². The number of rotatable bonds is 6. The van der Waals surface area contributed by atoms with E-state index in [1.807, 2.05) is 37.3 Å². The lowest BCUT2D eigenvalue weighted by Gasteiger charge is -2.28. The maximum atomic E-state index is 12.5. The summed E-state index contributed by atoms with van der Waals surface area (Å²) in [6.45, 7) is 3.71. The molecule has 0 bridgehead atoms. The van der Waals surface area contributed by atoms with Crippen molar-refractivity contribution in [1.29, 1.82) is 0 Å². The average molecular weight is 360 g/mol. The van der Waals surface area contributed by atoms with Gasteiger partial charge < -0.3 is 25.2 Å². The predicted molar refractivity (Wildman–Crippen MR) is 94.6 cm³/mol. The fourth-order valence-corrected chi connectivity index (χ4v) is 3.31. The van der Waals surface area contributed by atoms with Gasteiger partial charge in [0.15, 0.2) is 0 Å². The molecule has 140 valence electrons. The average Bonchev–Trinajstić information content (AvgIpc) is 3.08. The van der Waals surface area contributed by atoms with Gasteiger partial charge >= 0.3 is 6.03 Å². The van der Waals surface area contributed by atoms with Crippen molar-refractivity contribution in [2.24, 2.45) is 0 Å². The molecular weight excluding hydrogens is 336 g/mol. The molecule has 8 nitrogen and oxygen atoms in total. The number of hydrogen-bond acceptors (Lipinski definition) is 4. The Morgan fingerprint density at radius 3 is 2.81 bits per heavy atom. The second-order valence-corrected chi connectivity index (χ2v) is 6.40. The first-order valence-electron chi connectivity index (χ1n) is 8.89. The number of nitrogens with one attached hydrogen (secondary N) is 2. The highest BCUT2D eigenvalue weighted by Crippen LogP contribution is 2.20. The number of amides is 4. The molecule has 4 amide bonds. The Labute approximate surface area is 152 Å². The van der Waals surface area contributed by atoms with Gasteiger partial charge in [0.25, 0.3) is 0 Å². The summed E-state index contributed by atoms with van der Waals surface area (Å²) >= 11 is 0. The quantitative estimate of drug-likeness (QED) is 0.758. The van der Waals surface area contributed by atoms with Crippen molar-refractivity contribution in [2.45, 2.75) is 25.4 Å². The Kier molecular flexibility index (Phi) is 5.60. The van der Waals surface area contributed by atoms with E-state index in [0.29, 0.717) is 32.7 Å². The van der Waals surface area contributed by atoms with Gasteiger partial charge in [0.1, 0.15) is 18.4 Å². The number of hydrogen-bond donors (Lipinski definition) is 2. The summed E-state index contributed by atoms with van der Waals surface area (Å²) in [5, 5.41) is 5.52. The van der Waals surface area contributed by atoms with E-state index in [1.165, 1.54) is 0 Å². The number of urea groups is 1. The van der Waals surface area contributed by atoms with Crippen molar-refractivity contribution < 1.29 is 19.1 Å². The van der Waals surface area contributed by atoms with Crippen molar-refractivity contribution in [1.82, 2.24) is 20.4 Å². The first-order chi connectivity index (χ1) is 12.6. The largest absolute Gasteiger partial charge is 0.492 e. The minimum Gasteiger partial charge on any atom is -0.492 e. The van der Waals surface area contributed by atoms with Crippen molar-refractivity contribution in [2.75, 3.05) is 32.8 Å². The molecule has 2 unspecified atom stereocenters. The van der Waals surface area contributed by atoms with E-state index >= 15 is 0 Å². The zero-order valence-corrected chi connectivity index (χ0v) is 14.8. The first-order valence-corrected chi connectivity index (χ1v) is 8.89. The van der Waals surface area contributed by atoms with Gasteiger partial charge in [-0.1, -0.05) is 18.2 Å². The maximum Gasteiger partial charge on any atom is 0.317 e. The minimum atomic E-state index is -0.474. The maximum absolute atomic E-state index is 12.5. The predicted octanol–water partition coefficient (Wildman–Crippen LogP) is 0.196. The Hall–Kier alpha value is -2.77. The Balaban J connectivity index is 1.48. The molecule has 8 heteroatoms. The number of carbonyl (C=O) groups is 3. The third kappa shape index (κ3) is 4.07. The molecule has 2 fully saturated rings. The van der Waals surface area contributed by atoms with E-state index in [2.05, 4.69) is 10.6 Å². The number of nitrogens with zero attached hydrogens (tertiary/aromatic N) is 2. The molecule has 0 aliphatic carbocycles. The zero-order chi connectivity index (χ0) is 18.5. The van der Waals surface area contributed by atoms with E-state index in [4.69, 9.17) is 4.74 Å². The van der Waals surface area contributed by atoms with Gasteiger partial charge in [-0.2, -0.15) is 0 Å². The summed E-state index contributed by atoms with van der Waals surface area (Å²) in [6.07, 6.45) is 0.446. The lowest BCUT2D eigenvalue weighted by atomic mass is 10.1. The molecule has 0 radical (unpaired) electrons. The second-order valence-electron chi connectivity index (χ2n) is 6.40. The van der Waals surface area contributed by atoms with Gasteiger partial charge in [0.2, 0.25) is 11.8 Å². The van der Waals surface area contributed by atoms with Crippen molar-refractivity contribution in [3.63, 3.8) is 0 Å². The van der Waals surface area contributed by atoms with Crippen LogP contribution in [0.15, 0.2) is 30.3 Å². The number of benzene rings is 1. The van der Waals surface area contributed by atoms with Crippen LogP contribution >= 0.6 is 0 Å². The van der Waals surface area contributed by atoms with Crippen LogP contribution in [0.2, 0.25) is 0 Å². The molecule has 2 heterocycles. The fourth-order valence-electron chi connectivity index (χ4n) is 3.31. The molecule has 3 rings (SSSR count). The lowest BCUT2D eigenvalue weighted by molar-refractivity contribution is -0.143. The van der Waals surface area contributed by atoms with Crippen molar-refractivity contribution in [3.05, 3.63) is 30.3 Å². The van der Waals surface area contributed by atoms with E-state index < -0.39 is 6.04 Å². The van der Waals surface area contributed by atoms with Crippen LogP contribution in [0.1, 0.15) is 13.3 Å². The number of carbonyl (C=O) groups excluding carboxylic acids is 3. The number of likely N-dealkylation sites (N-methyl/N-ethyl adjacent to an activating group) is 1. The normalized spacial score (nSPS) is 21.8. The summed E-state index contributed by atoms with van der Waals surface area (Å²) < 4.78 is 5.64. The first kappa shape index (κ1) is 18.0. The fraction of sp³-hybridized carbons (Fsp3) is 0.500. The van der Waals surface area contributed by atoms with Crippen LogP contribution < -0.4 is 15.4 Å². The highest BCUT2D eigenvalue weighted by Gasteiger charge is 2.43. The SMILES string of the molecule is CCN(CCOc1ccccc1)C(=O)NC1CC2C(=O)NCC(=O)N2C1. The number of piperazine rings is 1. The third-order valence-electron chi connectivity index (χ3n) is 4.71. The molecule has 1 aromatic rings. The van der Waals surface area contributed by atoms with E-state index in [9.17, 15) is 14.4 Å². The van der Waals surface area contributed by atoms with Crippen LogP contribution in [-0.4, -0.2) is 72.5 Å². The molecular formula is C18H24N4O4. The Morgan fingerprint density at radius 1 is 1.35 bits per heavy atom. The van der Waals surface area contributed by atoms with Gasteiger partial charge in [-0.3, -0.25) is 9.59 Å². The van der Waals surface area contributed by atoms with Crippen molar-refractivity contribution in [3.8, 4) is 5.75 Å². The summed E-state index contributed by atoms with van der Waals surface area (Å²) in [4.78, 5) is 39.5. The molecule has 2 aliphatic heterocycles. The molecule has 1 aromatic carbocycles. The summed E-state index contributed by atoms with van der Waals surface area (Å²) in [5.41, 5.74) is 0. The van der Waals surface area contributed by atoms with Gasteiger partial charge in [0.05, 0.1) is 19.1 Å². The zero-order valence-electron chi connectivity index (χ0n) is 14.8. The molecule has 2 aliphatic rings. The highest BCUT2D eigenvalue weighted by molar-refractivity contribution is 5.95. The monoisotopic (exact) mass is 360 g/mol. The molecule has 0 aromatic heterocycles. The molecule has 2 atom stereocenters. The van der Waals surface area contributed by atoms with Gasteiger partial charge in [-0.15, -0.1) is 0 Å². The molecule has 26 heavy (non-hydrogen) atoms. The van der Waals surface area contributed by atoms with Crippen LogP contribution in [-0.2, 0) is 9.59 Å². The van der Waals surface area contributed by atoms with Crippen LogP contribution in [0.5, 0.6) is 5.75 Å². The van der Waals surface area contributed by atoms with Gasteiger partial charge in [-0.05, 0) is 25.5 Å². The Morgan fingerprint density at radius 2 is 2.12 bits per heavy atom. The van der Waals surface area contributed by atoms with Crippen LogP contribution in [0.3, 0.4) is 0 Å². The Bertz CT molecular complexity index is 642. The molecule has 0 saturated carbocycles. The molecule has 2 N–H and O–H groups in total. The third-order valence-corrected chi connectivity index (χ3v) is 4.71. The molecule has 0 spiro atoms. The summed E-state index contributed by atoms with van der Waals surface area (Å²) in [7, 11) is 0. The minimum absolute atomic E-state index is 0.0356. The van der Waals surface area contributed by atoms with E-state index in [1.54, 1.807) is 9.80 Å². The van der Waals surface area contributed by atoms with Crippen LogP contribution in [0.4, 0.5) is 4.79 Å². The van der Waals surface area contributed by atoms with Crippen molar-refractivity contribution >= 4 is 17.8 Å². The summed E-state index contributed by atoms with van der Waals surface area (Å²) in [5.74, 6) is 0.515. The highest BCUT2D eigenvalue weighted by atomic mass is 16.5. The standard InChI is InChI=1S/C18H24N4O4/c1-2-21(8-9-26-14-6-4-3-5-7-14)18(25)20-13-10-15-17(24)19-11-16(23)22(15)12-13/h3-7,13,15H,2,8-12H2,1H3,(H,19,24)(H,20,25). The number of ether oxygens (including phenoxy) is 1. The van der Waals surface area contributed by atoms with Gasteiger partial charge in [-0.25, -0.2) is 4.79 Å². The summed E-state index contributed by atoms with van der Waals surface area (Å²) in [6, 6.07) is 8.54. The lowest BCUT2D eigenvalue weighted by Crippen LogP contribution is -2.55. The number of para-hydroxylation sites is 1. The number of fused-ring (bicyclic) bond motifs is 1. The second kappa shape index (κ2) is 8.07.